The molecule has 0 saturated carbocycles. The van der Waals surface area contributed by atoms with Gasteiger partial charge in [-0.25, -0.2) is 0 Å². The highest BCUT2D eigenvalue weighted by molar-refractivity contribution is 5.57. The topological polar surface area (TPSA) is 39.9 Å². The summed E-state index contributed by atoms with van der Waals surface area (Å²) in [5.74, 6) is 0.794. The fourth-order valence-electron chi connectivity index (χ4n) is 1.45. The summed E-state index contributed by atoms with van der Waals surface area (Å²) in [7, 11) is 1.89. The van der Waals surface area contributed by atoms with Gasteiger partial charge >= 0.3 is 0 Å². The summed E-state index contributed by atoms with van der Waals surface area (Å²) in [6.07, 6.45) is 5.64. The molecule has 2 rings (SSSR count). The van der Waals surface area contributed by atoms with E-state index in [4.69, 9.17) is 4.74 Å². The van der Waals surface area contributed by atoms with Gasteiger partial charge in [-0.1, -0.05) is 0 Å². The lowest BCUT2D eigenvalue weighted by molar-refractivity contribution is 0.241. The van der Waals surface area contributed by atoms with Crippen LogP contribution in [0.5, 0.6) is 5.75 Å². The van der Waals surface area contributed by atoms with Crippen LogP contribution in [-0.2, 0) is 7.05 Å². The monoisotopic (exact) mass is 217 g/mol. The predicted molar refractivity (Wildman–Crippen MR) is 62.2 cm³/mol. The third-order valence-electron chi connectivity index (χ3n) is 2.11. The Morgan fingerprint density at radius 1 is 1.25 bits per heavy atom. The Hall–Kier alpha value is -1.84. The summed E-state index contributed by atoms with van der Waals surface area (Å²) < 4.78 is 7.29. The molecule has 0 fully saturated rings. The first kappa shape index (κ1) is 10.7. The Morgan fingerprint density at radius 3 is 2.56 bits per heavy atom. The number of rotatable bonds is 3. The molecule has 2 heterocycles. The van der Waals surface area contributed by atoms with Gasteiger partial charge in [-0.2, -0.15) is 5.10 Å². The van der Waals surface area contributed by atoms with Gasteiger partial charge in [0.25, 0.3) is 0 Å². The second-order valence-electron chi connectivity index (χ2n) is 3.95. The van der Waals surface area contributed by atoms with Crippen molar-refractivity contribution in [2.45, 2.75) is 20.0 Å². The Labute approximate surface area is 94.9 Å². The zero-order chi connectivity index (χ0) is 11.5. The number of aryl methyl sites for hydroxylation is 1. The fraction of sp³-hybridized carbons (Fsp3) is 0.333. The van der Waals surface area contributed by atoms with Gasteiger partial charge in [-0.05, 0) is 26.0 Å². The highest BCUT2D eigenvalue weighted by Crippen LogP contribution is 2.19. The van der Waals surface area contributed by atoms with Crippen LogP contribution in [0.1, 0.15) is 13.8 Å². The van der Waals surface area contributed by atoms with Crippen molar-refractivity contribution in [3.8, 4) is 17.0 Å². The van der Waals surface area contributed by atoms with Crippen LogP contribution in [-0.4, -0.2) is 20.9 Å². The molecule has 4 nitrogen and oxygen atoms in total. The minimum atomic E-state index is 0.172. The third kappa shape index (κ3) is 2.39. The molecular formula is C12H15N3O. The summed E-state index contributed by atoms with van der Waals surface area (Å²) in [5.41, 5.74) is 1.92. The van der Waals surface area contributed by atoms with Crippen LogP contribution in [0.25, 0.3) is 11.3 Å². The van der Waals surface area contributed by atoms with Crippen LogP contribution in [0.2, 0.25) is 0 Å². The molecule has 84 valence electrons. The van der Waals surface area contributed by atoms with E-state index in [9.17, 15) is 0 Å². The van der Waals surface area contributed by atoms with Crippen LogP contribution in [0.15, 0.2) is 30.7 Å². The van der Waals surface area contributed by atoms with Gasteiger partial charge in [-0.15, -0.1) is 0 Å². The fourth-order valence-corrected chi connectivity index (χ4v) is 1.45. The summed E-state index contributed by atoms with van der Waals surface area (Å²) in [6.45, 7) is 3.99. The van der Waals surface area contributed by atoms with E-state index in [0.717, 1.165) is 17.0 Å². The molecule has 16 heavy (non-hydrogen) atoms. The molecule has 0 atom stereocenters. The molecule has 0 aliphatic carbocycles. The number of nitrogens with zero attached hydrogens (tertiary/aromatic N) is 3. The lowest BCUT2D eigenvalue weighted by Crippen LogP contribution is -2.05. The minimum absolute atomic E-state index is 0.172. The SMILES string of the molecule is CC(C)Oc1ccc(-c2cnn(C)c2)nc1. The average Bonchev–Trinajstić information content (AvgIpc) is 2.65. The van der Waals surface area contributed by atoms with Gasteiger partial charge in [0.05, 0.1) is 24.2 Å². The van der Waals surface area contributed by atoms with E-state index in [1.807, 2.05) is 39.2 Å². The maximum atomic E-state index is 5.53. The quantitative estimate of drug-likeness (QED) is 0.791. The first-order valence-electron chi connectivity index (χ1n) is 5.27. The molecular weight excluding hydrogens is 202 g/mol. The van der Waals surface area contributed by atoms with E-state index in [1.165, 1.54) is 0 Å². The van der Waals surface area contributed by atoms with E-state index in [1.54, 1.807) is 17.1 Å². The second kappa shape index (κ2) is 4.35. The van der Waals surface area contributed by atoms with Crippen LogP contribution in [0.4, 0.5) is 0 Å². The molecule has 2 aromatic rings. The standard InChI is InChI=1S/C12H15N3O/c1-9(2)16-11-4-5-12(13-7-11)10-6-14-15(3)8-10/h4-9H,1-3H3. The Balaban J connectivity index is 2.19. The van der Waals surface area contributed by atoms with Crippen molar-refractivity contribution in [1.29, 1.82) is 0 Å². The van der Waals surface area contributed by atoms with Gasteiger partial charge in [0.2, 0.25) is 0 Å². The Kier molecular flexibility index (Phi) is 2.90. The van der Waals surface area contributed by atoms with Gasteiger partial charge in [0.15, 0.2) is 0 Å². The van der Waals surface area contributed by atoms with Crippen LogP contribution < -0.4 is 4.74 Å². The zero-order valence-corrected chi connectivity index (χ0v) is 9.71. The van der Waals surface area contributed by atoms with Crippen molar-refractivity contribution in [1.82, 2.24) is 14.8 Å². The second-order valence-corrected chi connectivity index (χ2v) is 3.95. The maximum Gasteiger partial charge on any atom is 0.138 e. The van der Waals surface area contributed by atoms with E-state index in [0.29, 0.717) is 0 Å². The van der Waals surface area contributed by atoms with E-state index < -0.39 is 0 Å². The van der Waals surface area contributed by atoms with Gasteiger partial charge in [0, 0.05) is 18.8 Å². The summed E-state index contributed by atoms with van der Waals surface area (Å²) in [4.78, 5) is 4.34. The third-order valence-corrected chi connectivity index (χ3v) is 2.11. The lowest BCUT2D eigenvalue weighted by atomic mass is 10.2. The maximum absolute atomic E-state index is 5.53. The van der Waals surface area contributed by atoms with E-state index in [-0.39, 0.29) is 6.10 Å². The van der Waals surface area contributed by atoms with Gasteiger partial charge in [-0.3, -0.25) is 9.67 Å². The number of aromatic nitrogens is 3. The molecule has 0 bridgehead atoms. The van der Waals surface area contributed by atoms with Crippen molar-refractivity contribution in [2.75, 3.05) is 0 Å². The number of pyridine rings is 1. The molecule has 0 saturated heterocycles. The Morgan fingerprint density at radius 2 is 2.06 bits per heavy atom. The van der Waals surface area contributed by atoms with Crippen LogP contribution >= 0.6 is 0 Å². The molecule has 0 amide bonds. The Bertz CT molecular complexity index is 459. The van der Waals surface area contributed by atoms with Crippen LogP contribution in [0, 0.1) is 0 Å². The predicted octanol–water partition coefficient (Wildman–Crippen LogP) is 2.27. The van der Waals surface area contributed by atoms with Crippen molar-refractivity contribution in [3.05, 3.63) is 30.7 Å². The lowest BCUT2D eigenvalue weighted by Gasteiger charge is -2.08. The smallest absolute Gasteiger partial charge is 0.138 e. The molecule has 0 N–H and O–H groups in total. The van der Waals surface area contributed by atoms with Crippen molar-refractivity contribution >= 4 is 0 Å². The average molecular weight is 217 g/mol. The molecule has 0 aliphatic rings. The first-order valence-corrected chi connectivity index (χ1v) is 5.27. The number of hydrogen-bond donors (Lipinski definition) is 0. The summed E-state index contributed by atoms with van der Waals surface area (Å²) >= 11 is 0. The molecule has 4 heteroatoms. The molecule has 0 aliphatic heterocycles. The number of hydrogen-bond acceptors (Lipinski definition) is 3. The molecule has 0 radical (unpaired) electrons. The minimum Gasteiger partial charge on any atom is -0.489 e. The van der Waals surface area contributed by atoms with Crippen molar-refractivity contribution in [3.63, 3.8) is 0 Å². The van der Waals surface area contributed by atoms with Crippen molar-refractivity contribution in [2.24, 2.45) is 7.05 Å². The zero-order valence-electron chi connectivity index (χ0n) is 9.71. The summed E-state index contributed by atoms with van der Waals surface area (Å²) in [6, 6.07) is 3.87. The molecule has 0 aromatic carbocycles. The highest BCUT2D eigenvalue weighted by atomic mass is 16.5. The summed E-state index contributed by atoms with van der Waals surface area (Å²) in [5, 5.41) is 4.11. The van der Waals surface area contributed by atoms with Crippen LogP contribution in [0.3, 0.4) is 0 Å². The van der Waals surface area contributed by atoms with Gasteiger partial charge < -0.3 is 4.74 Å². The van der Waals surface area contributed by atoms with Gasteiger partial charge in [0.1, 0.15) is 5.75 Å². The molecule has 0 unspecified atom stereocenters. The number of ether oxygens (including phenoxy) is 1. The van der Waals surface area contributed by atoms with E-state index in [2.05, 4.69) is 10.1 Å². The molecule has 2 aromatic heterocycles. The van der Waals surface area contributed by atoms with Crippen molar-refractivity contribution < 1.29 is 4.74 Å². The first-order chi connectivity index (χ1) is 7.65. The normalized spacial score (nSPS) is 10.8. The highest BCUT2D eigenvalue weighted by Gasteiger charge is 2.03. The van der Waals surface area contributed by atoms with E-state index >= 15 is 0 Å². The molecule has 0 spiro atoms. The largest absolute Gasteiger partial charge is 0.489 e.